The van der Waals surface area contributed by atoms with E-state index in [-0.39, 0.29) is 23.6 Å². The fraction of sp³-hybridized carbons (Fsp3) is 0.368. The number of carbonyl (C=O) groups excluding carboxylic acids is 2. The maximum atomic E-state index is 12.8. The van der Waals surface area contributed by atoms with Crippen LogP contribution in [-0.2, 0) is 16.0 Å². The fourth-order valence-corrected chi connectivity index (χ4v) is 4.61. The largest absolute Gasteiger partial charge is 0.497 e. The van der Waals surface area contributed by atoms with Gasteiger partial charge in [0.1, 0.15) is 22.9 Å². The number of nitrogens with zero attached hydrogens (tertiary/aromatic N) is 3. The molecule has 2 aliphatic rings. The van der Waals surface area contributed by atoms with Gasteiger partial charge in [0.2, 0.25) is 5.91 Å². The number of hydrogen-bond acceptors (Lipinski definition) is 7. The Morgan fingerprint density at radius 2 is 2.11 bits per heavy atom. The third-order valence-corrected chi connectivity index (χ3v) is 6.15. The summed E-state index contributed by atoms with van der Waals surface area (Å²) in [6, 6.07) is 6.74. The van der Waals surface area contributed by atoms with Crippen LogP contribution in [0, 0.1) is 6.92 Å². The molecule has 2 amide bonds. The Morgan fingerprint density at radius 1 is 1.36 bits per heavy atom. The first-order valence-corrected chi connectivity index (χ1v) is 9.90. The molecule has 2 atom stereocenters. The average molecular weight is 400 g/mol. The molecule has 8 nitrogen and oxygen atoms in total. The normalized spacial score (nSPS) is 21.2. The molecule has 0 radical (unpaired) electrons. The van der Waals surface area contributed by atoms with Crippen molar-refractivity contribution in [3.05, 3.63) is 47.1 Å². The molecule has 0 saturated carbocycles. The second-order valence-electron chi connectivity index (χ2n) is 6.76. The van der Waals surface area contributed by atoms with Crippen molar-refractivity contribution in [2.24, 2.45) is 0 Å². The SMILES string of the molecule is COc1ccc(CC(=O)N[C@@H]2C(=O)N3C(c4nc(C)no4)=C(C)CS[C@H]23)cc1. The number of ether oxygens (including phenoxy) is 1. The molecule has 2 aliphatic heterocycles. The lowest BCUT2D eigenvalue weighted by molar-refractivity contribution is -0.143. The van der Waals surface area contributed by atoms with Gasteiger partial charge < -0.3 is 14.6 Å². The second kappa shape index (κ2) is 7.31. The predicted molar refractivity (Wildman–Crippen MR) is 103 cm³/mol. The summed E-state index contributed by atoms with van der Waals surface area (Å²) in [6.45, 7) is 3.68. The van der Waals surface area contributed by atoms with E-state index in [0.717, 1.165) is 22.6 Å². The van der Waals surface area contributed by atoms with Crippen molar-refractivity contribution in [3.63, 3.8) is 0 Å². The fourth-order valence-electron chi connectivity index (χ4n) is 3.32. The van der Waals surface area contributed by atoms with Crippen molar-refractivity contribution in [2.75, 3.05) is 12.9 Å². The molecule has 1 fully saturated rings. The summed E-state index contributed by atoms with van der Waals surface area (Å²) in [6.07, 6.45) is 0.204. The highest BCUT2D eigenvalue weighted by atomic mass is 32.2. The number of benzene rings is 1. The van der Waals surface area contributed by atoms with E-state index in [1.165, 1.54) is 0 Å². The minimum absolute atomic E-state index is 0.162. The van der Waals surface area contributed by atoms with Gasteiger partial charge in [0, 0.05) is 5.75 Å². The van der Waals surface area contributed by atoms with E-state index in [1.807, 2.05) is 31.2 Å². The number of thioether (sulfide) groups is 1. The molecule has 4 rings (SSSR count). The van der Waals surface area contributed by atoms with Gasteiger partial charge in [0.15, 0.2) is 5.82 Å². The minimum atomic E-state index is -0.553. The number of methoxy groups -OCH3 is 1. The molecule has 1 N–H and O–H groups in total. The van der Waals surface area contributed by atoms with Crippen molar-refractivity contribution in [1.82, 2.24) is 20.4 Å². The van der Waals surface area contributed by atoms with Crippen LogP contribution < -0.4 is 10.1 Å². The zero-order valence-electron chi connectivity index (χ0n) is 15.8. The van der Waals surface area contributed by atoms with Crippen molar-refractivity contribution < 1.29 is 18.8 Å². The molecule has 9 heteroatoms. The van der Waals surface area contributed by atoms with Crippen LogP contribution in [0.25, 0.3) is 5.70 Å². The lowest BCUT2D eigenvalue weighted by atomic mass is 10.0. The van der Waals surface area contributed by atoms with E-state index in [1.54, 1.807) is 30.7 Å². The summed E-state index contributed by atoms with van der Waals surface area (Å²) < 4.78 is 10.4. The minimum Gasteiger partial charge on any atom is -0.497 e. The van der Waals surface area contributed by atoms with Crippen molar-refractivity contribution in [2.45, 2.75) is 31.7 Å². The Hall–Kier alpha value is -2.81. The molecule has 28 heavy (non-hydrogen) atoms. The molecule has 1 aromatic carbocycles. The third-order valence-electron chi connectivity index (χ3n) is 4.73. The average Bonchev–Trinajstić information content (AvgIpc) is 3.12. The zero-order chi connectivity index (χ0) is 19.8. The van der Waals surface area contributed by atoms with Crippen LogP contribution in [0.4, 0.5) is 0 Å². The van der Waals surface area contributed by atoms with Gasteiger partial charge in [0.05, 0.1) is 13.5 Å². The van der Waals surface area contributed by atoms with Gasteiger partial charge in [-0.15, -0.1) is 11.8 Å². The molecule has 2 aromatic rings. The van der Waals surface area contributed by atoms with Crippen LogP contribution in [0.1, 0.15) is 24.2 Å². The maximum absolute atomic E-state index is 12.8. The van der Waals surface area contributed by atoms with Crippen LogP contribution in [0.3, 0.4) is 0 Å². The highest BCUT2D eigenvalue weighted by Gasteiger charge is 2.53. The number of fused-ring (bicyclic) bond motifs is 1. The third kappa shape index (κ3) is 3.26. The number of nitrogens with one attached hydrogen (secondary N) is 1. The Labute approximate surface area is 166 Å². The number of rotatable bonds is 5. The summed E-state index contributed by atoms with van der Waals surface area (Å²) >= 11 is 1.62. The van der Waals surface area contributed by atoms with Crippen molar-refractivity contribution in [3.8, 4) is 5.75 Å². The molecule has 146 valence electrons. The number of aryl methyl sites for hydroxylation is 1. The molecule has 0 aliphatic carbocycles. The van der Waals surface area contributed by atoms with E-state index in [9.17, 15) is 9.59 Å². The summed E-state index contributed by atoms with van der Waals surface area (Å²) in [5, 5.41) is 6.51. The Kier molecular flexibility index (Phi) is 4.84. The van der Waals surface area contributed by atoms with E-state index in [2.05, 4.69) is 15.5 Å². The van der Waals surface area contributed by atoms with Gasteiger partial charge in [-0.05, 0) is 37.1 Å². The molecule has 0 bridgehead atoms. The summed E-state index contributed by atoms with van der Waals surface area (Å²) in [5.74, 6) is 1.98. The monoisotopic (exact) mass is 400 g/mol. The summed E-state index contributed by atoms with van der Waals surface area (Å²) in [5.41, 5.74) is 2.52. The highest BCUT2D eigenvalue weighted by Crippen LogP contribution is 2.43. The second-order valence-corrected chi connectivity index (χ2v) is 7.86. The first-order valence-electron chi connectivity index (χ1n) is 8.85. The Balaban J connectivity index is 1.44. The quantitative estimate of drug-likeness (QED) is 0.764. The maximum Gasteiger partial charge on any atom is 0.274 e. The van der Waals surface area contributed by atoms with Crippen molar-refractivity contribution in [1.29, 1.82) is 0 Å². The van der Waals surface area contributed by atoms with Crippen LogP contribution in [0.5, 0.6) is 5.75 Å². The Bertz CT molecular complexity index is 953. The van der Waals surface area contributed by atoms with E-state index in [0.29, 0.717) is 17.4 Å². The van der Waals surface area contributed by atoms with Gasteiger partial charge in [0.25, 0.3) is 11.8 Å². The standard InChI is InChI=1S/C19H20N4O4S/c1-10-9-28-19-15(18(25)23(19)16(10)17-20-11(2)22-27-17)21-14(24)8-12-4-6-13(26-3)7-5-12/h4-7,15,19H,8-9H2,1-3H3,(H,21,24)/t15-,19-/m1/s1. The molecular weight excluding hydrogens is 380 g/mol. The van der Waals surface area contributed by atoms with E-state index < -0.39 is 6.04 Å². The first kappa shape index (κ1) is 18.5. The predicted octanol–water partition coefficient (Wildman–Crippen LogP) is 1.76. The van der Waals surface area contributed by atoms with Crippen molar-refractivity contribution >= 4 is 29.3 Å². The van der Waals surface area contributed by atoms with E-state index >= 15 is 0 Å². The number of aromatic nitrogens is 2. The van der Waals surface area contributed by atoms with Crippen LogP contribution in [-0.4, -0.2) is 51.1 Å². The summed E-state index contributed by atoms with van der Waals surface area (Å²) in [7, 11) is 1.59. The van der Waals surface area contributed by atoms with Gasteiger partial charge >= 0.3 is 0 Å². The van der Waals surface area contributed by atoms with Gasteiger partial charge in [-0.1, -0.05) is 17.3 Å². The number of β-lactam (4-membered cyclic amide) rings is 1. The number of amides is 2. The Morgan fingerprint density at radius 3 is 2.75 bits per heavy atom. The molecule has 1 aromatic heterocycles. The van der Waals surface area contributed by atoms with Crippen LogP contribution in [0.15, 0.2) is 34.4 Å². The molecule has 3 heterocycles. The molecule has 1 saturated heterocycles. The topological polar surface area (TPSA) is 97.6 Å². The lowest BCUT2D eigenvalue weighted by Gasteiger charge is -2.49. The first-order chi connectivity index (χ1) is 13.5. The lowest BCUT2D eigenvalue weighted by Crippen LogP contribution is -2.69. The highest BCUT2D eigenvalue weighted by molar-refractivity contribution is 8.00. The van der Waals surface area contributed by atoms with Crippen LogP contribution in [0.2, 0.25) is 0 Å². The number of hydrogen-bond donors (Lipinski definition) is 1. The number of carbonyl (C=O) groups is 2. The van der Waals surface area contributed by atoms with E-state index in [4.69, 9.17) is 9.26 Å². The smallest absolute Gasteiger partial charge is 0.274 e. The van der Waals surface area contributed by atoms with Crippen LogP contribution >= 0.6 is 11.8 Å². The van der Waals surface area contributed by atoms with Gasteiger partial charge in [-0.3, -0.25) is 14.5 Å². The zero-order valence-corrected chi connectivity index (χ0v) is 16.6. The summed E-state index contributed by atoms with van der Waals surface area (Å²) in [4.78, 5) is 31.1. The molecule has 0 unspecified atom stereocenters. The molecule has 0 spiro atoms. The molecular formula is C19H20N4O4S. The van der Waals surface area contributed by atoms with Gasteiger partial charge in [-0.2, -0.15) is 4.98 Å². The van der Waals surface area contributed by atoms with Gasteiger partial charge in [-0.25, -0.2) is 0 Å².